The maximum absolute atomic E-state index is 13.0. The SMILES string of the molecule is O=S(=O)(c1ccc2ccccc2c1)N1CC[NH+](Cc2ccccc2Cl)CC1. The first-order valence-electron chi connectivity index (χ1n) is 9.10. The molecule has 1 fully saturated rings. The summed E-state index contributed by atoms with van der Waals surface area (Å²) in [6, 6.07) is 21.0. The first-order chi connectivity index (χ1) is 13.0. The van der Waals surface area contributed by atoms with Crippen LogP contribution in [0.25, 0.3) is 10.8 Å². The lowest BCUT2D eigenvalue weighted by atomic mass is 10.1. The normalized spacial score (nSPS) is 16.6. The Morgan fingerprint density at radius 2 is 1.56 bits per heavy atom. The van der Waals surface area contributed by atoms with Gasteiger partial charge in [-0.25, -0.2) is 8.42 Å². The van der Waals surface area contributed by atoms with Gasteiger partial charge in [0, 0.05) is 10.6 Å². The number of nitrogens with one attached hydrogen (secondary N) is 1. The monoisotopic (exact) mass is 401 g/mol. The fourth-order valence-corrected chi connectivity index (χ4v) is 5.29. The van der Waals surface area contributed by atoms with Gasteiger partial charge in [-0.3, -0.25) is 0 Å². The predicted molar refractivity (Wildman–Crippen MR) is 109 cm³/mol. The highest BCUT2D eigenvalue weighted by Gasteiger charge is 2.30. The zero-order valence-corrected chi connectivity index (χ0v) is 16.5. The van der Waals surface area contributed by atoms with E-state index in [9.17, 15) is 8.42 Å². The smallest absolute Gasteiger partial charge is 0.243 e. The van der Waals surface area contributed by atoms with E-state index in [2.05, 4.69) is 0 Å². The van der Waals surface area contributed by atoms with Crippen LogP contribution in [0, 0.1) is 0 Å². The Morgan fingerprint density at radius 3 is 2.30 bits per heavy atom. The number of sulfonamides is 1. The molecule has 1 aliphatic rings. The Bertz CT molecular complexity index is 1060. The van der Waals surface area contributed by atoms with E-state index in [1.807, 2.05) is 54.6 Å². The molecular weight excluding hydrogens is 380 g/mol. The Kier molecular flexibility index (Phi) is 5.19. The van der Waals surface area contributed by atoms with Crippen LogP contribution in [0.4, 0.5) is 0 Å². The van der Waals surface area contributed by atoms with Gasteiger partial charge < -0.3 is 4.90 Å². The van der Waals surface area contributed by atoms with Gasteiger partial charge in [0.1, 0.15) is 6.54 Å². The van der Waals surface area contributed by atoms with Crippen LogP contribution in [0.5, 0.6) is 0 Å². The lowest BCUT2D eigenvalue weighted by Crippen LogP contribution is -3.13. The number of hydrogen-bond donors (Lipinski definition) is 1. The average molecular weight is 402 g/mol. The second-order valence-corrected chi connectivity index (χ2v) is 9.28. The number of nitrogens with zero attached hydrogens (tertiary/aromatic N) is 1. The molecule has 1 saturated heterocycles. The van der Waals surface area contributed by atoms with Gasteiger partial charge in [0.2, 0.25) is 10.0 Å². The van der Waals surface area contributed by atoms with Crippen molar-refractivity contribution in [3.63, 3.8) is 0 Å². The van der Waals surface area contributed by atoms with Gasteiger partial charge in [0.25, 0.3) is 0 Å². The lowest BCUT2D eigenvalue weighted by Gasteiger charge is -2.31. The van der Waals surface area contributed by atoms with Crippen molar-refractivity contribution in [1.29, 1.82) is 0 Å². The van der Waals surface area contributed by atoms with Crippen LogP contribution in [0.15, 0.2) is 71.6 Å². The molecule has 27 heavy (non-hydrogen) atoms. The van der Waals surface area contributed by atoms with E-state index in [0.29, 0.717) is 18.0 Å². The summed E-state index contributed by atoms with van der Waals surface area (Å²) in [5, 5.41) is 2.77. The third kappa shape index (κ3) is 3.87. The Labute approximate surface area is 165 Å². The highest BCUT2D eigenvalue weighted by atomic mass is 35.5. The molecule has 140 valence electrons. The molecule has 0 unspecified atom stereocenters. The molecular formula is C21H22ClN2O2S+. The van der Waals surface area contributed by atoms with Crippen LogP contribution in [0.1, 0.15) is 5.56 Å². The number of rotatable bonds is 4. The summed E-state index contributed by atoms with van der Waals surface area (Å²) in [6.45, 7) is 3.42. The number of hydrogen-bond acceptors (Lipinski definition) is 2. The van der Waals surface area contributed by atoms with Gasteiger partial charge in [-0.15, -0.1) is 0 Å². The van der Waals surface area contributed by atoms with Gasteiger partial charge in [-0.1, -0.05) is 60.1 Å². The number of halogens is 1. The van der Waals surface area contributed by atoms with Crippen molar-refractivity contribution < 1.29 is 13.3 Å². The van der Waals surface area contributed by atoms with Gasteiger partial charge in [-0.2, -0.15) is 4.31 Å². The zero-order valence-electron chi connectivity index (χ0n) is 14.9. The molecule has 0 atom stereocenters. The molecule has 0 aromatic heterocycles. The first-order valence-corrected chi connectivity index (χ1v) is 10.9. The predicted octanol–water partition coefficient (Wildman–Crippen LogP) is 2.58. The van der Waals surface area contributed by atoms with Crippen molar-refractivity contribution in [1.82, 2.24) is 4.31 Å². The molecule has 3 aromatic rings. The Morgan fingerprint density at radius 1 is 0.889 bits per heavy atom. The van der Waals surface area contributed by atoms with Crippen LogP contribution in [-0.2, 0) is 16.6 Å². The molecule has 0 aliphatic carbocycles. The van der Waals surface area contributed by atoms with E-state index < -0.39 is 10.0 Å². The first kappa shape index (κ1) is 18.4. The minimum atomic E-state index is -3.46. The minimum Gasteiger partial charge on any atom is -0.329 e. The van der Waals surface area contributed by atoms with E-state index in [1.54, 1.807) is 16.4 Å². The van der Waals surface area contributed by atoms with Crippen LogP contribution < -0.4 is 4.90 Å². The molecule has 0 amide bonds. The maximum Gasteiger partial charge on any atom is 0.243 e. The molecule has 1 aliphatic heterocycles. The van der Waals surface area contributed by atoms with Crippen molar-refractivity contribution >= 4 is 32.4 Å². The fraction of sp³-hybridized carbons (Fsp3) is 0.238. The van der Waals surface area contributed by atoms with Crippen molar-refractivity contribution in [3.05, 3.63) is 77.3 Å². The third-order valence-corrected chi connectivity index (χ3v) is 7.45. The molecule has 0 spiro atoms. The Balaban J connectivity index is 1.47. The second kappa shape index (κ2) is 7.60. The quantitative estimate of drug-likeness (QED) is 0.730. The summed E-state index contributed by atoms with van der Waals surface area (Å²) in [7, 11) is -3.46. The molecule has 1 N–H and O–H groups in total. The summed E-state index contributed by atoms with van der Waals surface area (Å²) in [5.74, 6) is 0. The number of quaternary nitrogens is 1. The summed E-state index contributed by atoms with van der Waals surface area (Å²) >= 11 is 6.25. The van der Waals surface area contributed by atoms with Crippen LogP contribution >= 0.6 is 11.6 Å². The topological polar surface area (TPSA) is 41.8 Å². The number of fused-ring (bicyclic) bond motifs is 1. The van der Waals surface area contributed by atoms with Crippen LogP contribution in [0.2, 0.25) is 5.02 Å². The average Bonchev–Trinajstić information content (AvgIpc) is 2.70. The van der Waals surface area contributed by atoms with Gasteiger partial charge >= 0.3 is 0 Å². The summed E-state index contributed by atoms with van der Waals surface area (Å²) in [4.78, 5) is 1.73. The van der Waals surface area contributed by atoms with Crippen molar-refractivity contribution in [2.75, 3.05) is 26.2 Å². The van der Waals surface area contributed by atoms with E-state index in [4.69, 9.17) is 11.6 Å². The third-order valence-electron chi connectivity index (χ3n) is 5.19. The second-order valence-electron chi connectivity index (χ2n) is 6.93. The van der Waals surface area contributed by atoms with Gasteiger partial charge in [0.05, 0.1) is 31.1 Å². The molecule has 0 bridgehead atoms. The molecule has 0 saturated carbocycles. The minimum absolute atomic E-state index is 0.371. The van der Waals surface area contributed by atoms with Crippen molar-refractivity contribution in [3.8, 4) is 0 Å². The van der Waals surface area contributed by atoms with Gasteiger partial charge in [-0.05, 0) is 29.0 Å². The standard InChI is InChI=1S/C21H21ClN2O2S/c22-21-8-4-3-7-19(21)16-23-11-13-24(14-12-23)27(25,26)20-10-9-17-5-1-2-6-18(17)15-20/h1-10,15H,11-14,16H2/p+1. The fourth-order valence-electron chi connectivity index (χ4n) is 3.61. The summed E-state index contributed by atoms with van der Waals surface area (Å²) in [6.07, 6.45) is 0. The van der Waals surface area contributed by atoms with E-state index >= 15 is 0 Å². The number of benzene rings is 3. The van der Waals surface area contributed by atoms with E-state index in [-0.39, 0.29) is 0 Å². The molecule has 1 heterocycles. The lowest BCUT2D eigenvalue weighted by molar-refractivity contribution is -0.917. The van der Waals surface area contributed by atoms with Crippen LogP contribution in [-0.4, -0.2) is 38.9 Å². The molecule has 6 heteroatoms. The zero-order chi connectivity index (χ0) is 18.9. The van der Waals surface area contributed by atoms with Gasteiger partial charge in [0.15, 0.2) is 0 Å². The summed E-state index contributed by atoms with van der Waals surface area (Å²) in [5.41, 5.74) is 1.11. The highest BCUT2D eigenvalue weighted by molar-refractivity contribution is 7.89. The molecule has 4 nitrogen and oxygen atoms in total. The highest BCUT2D eigenvalue weighted by Crippen LogP contribution is 2.22. The van der Waals surface area contributed by atoms with Crippen molar-refractivity contribution in [2.24, 2.45) is 0 Å². The Hall–Kier alpha value is -1.92. The van der Waals surface area contributed by atoms with E-state index in [0.717, 1.165) is 41.0 Å². The molecule has 4 rings (SSSR count). The largest absolute Gasteiger partial charge is 0.329 e. The molecule has 0 radical (unpaired) electrons. The van der Waals surface area contributed by atoms with E-state index in [1.165, 1.54) is 4.90 Å². The maximum atomic E-state index is 13.0. The number of piperazine rings is 1. The summed E-state index contributed by atoms with van der Waals surface area (Å²) < 4.78 is 27.7. The van der Waals surface area contributed by atoms with Crippen molar-refractivity contribution in [2.45, 2.75) is 11.4 Å². The molecule has 3 aromatic carbocycles. The van der Waals surface area contributed by atoms with Crippen LogP contribution in [0.3, 0.4) is 0 Å².